The molecule has 1 amide bonds. The van der Waals surface area contributed by atoms with E-state index in [0.717, 1.165) is 5.56 Å². The minimum Gasteiger partial charge on any atom is -0.481 e. The second-order valence-corrected chi connectivity index (χ2v) is 4.54. The Morgan fingerprint density at radius 1 is 1.40 bits per heavy atom. The van der Waals surface area contributed by atoms with Gasteiger partial charge in [-0.15, -0.1) is 12.6 Å². The Balaban J connectivity index is 2.02. The van der Waals surface area contributed by atoms with Crippen LogP contribution in [0.3, 0.4) is 0 Å². The van der Waals surface area contributed by atoms with Gasteiger partial charge >= 0.3 is 0 Å². The molecule has 0 saturated heterocycles. The molecule has 104 valence electrons. The van der Waals surface area contributed by atoms with Crippen LogP contribution in [0, 0.1) is 5.82 Å². The Bertz CT molecular complexity index is 634. The van der Waals surface area contributed by atoms with Crippen LogP contribution in [0.15, 0.2) is 41.4 Å². The summed E-state index contributed by atoms with van der Waals surface area (Å²) in [7, 11) is 1.53. The van der Waals surface area contributed by atoms with Gasteiger partial charge in [-0.2, -0.15) is 0 Å². The van der Waals surface area contributed by atoms with Gasteiger partial charge in [-0.3, -0.25) is 4.79 Å². The van der Waals surface area contributed by atoms with E-state index < -0.39 is 5.82 Å². The molecule has 4 nitrogen and oxygen atoms in total. The molecule has 0 aliphatic rings. The van der Waals surface area contributed by atoms with Crippen molar-refractivity contribution in [3.8, 4) is 5.88 Å². The highest BCUT2D eigenvalue weighted by Gasteiger charge is 2.08. The Hall–Kier alpha value is -2.08. The number of methoxy groups -OCH3 is 1. The number of carbonyl (C=O) groups is 1. The van der Waals surface area contributed by atoms with Crippen LogP contribution in [0.1, 0.15) is 15.9 Å². The van der Waals surface area contributed by atoms with Gasteiger partial charge in [0.2, 0.25) is 5.88 Å². The van der Waals surface area contributed by atoms with E-state index in [1.807, 2.05) is 0 Å². The topological polar surface area (TPSA) is 51.2 Å². The van der Waals surface area contributed by atoms with Crippen molar-refractivity contribution in [3.05, 3.63) is 53.5 Å². The molecular weight excluding hydrogens is 279 g/mol. The van der Waals surface area contributed by atoms with Crippen LogP contribution in [-0.4, -0.2) is 18.0 Å². The van der Waals surface area contributed by atoms with Crippen LogP contribution >= 0.6 is 12.6 Å². The van der Waals surface area contributed by atoms with Crippen LogP contribution in [0.5, 0.6) is 5.88 Å². The monoisotopic (exact) mass is 292 g/mol. The number of carbonyl (C=O) groups excluding carboxylic acids is 1. The maximum absolute atomic E-state index is 13.1. The minimum atomic E-state index is -0.455. The van der Waals surface area contributed by atoms with Crippen LogP contribution in [0.4, 0.5) is 4.39 Å². The van der Waals surface area contributed by atoms with Crippen molar-refractivity contribution >= 4 is 18.5 Å². The van der Waals surface area contributed by atoms with Crippen molar-refractivity contribution in [2.75, 3.05) is 7.11 Å². The largest absolute Gasteiger partial charge is 0.481 e. The fourth-order valence-electron chi connectivity index (χ4n) is 1.61. The highest BCUT2D eigenvalue weighted by molar-refractivity contribution is 7.80. The summed E-state index contributed by atoms with van der Waals surface area (Å²) in [6.45, 7) is 0.330. The molecule has 0 aliphatic carbocycles. The molecule has 1 N–H and O–H groups in total. The lowest BCUT2D eigenvalue weighted by Crippen LogP contribution is -2.22. The number of rotatable bonds is 4. The fraction of sp³-hybridized carbons (Fsp3) is 0.143. The second-order valence-electron chi connectivity index (χ2n) is 4.06. The molecule has 1 heterocycles. The van der Waals surface area contributed by atoms with Gasteiger partial charge in [-0.25, -0.2) is 9.37 Å². The van der Waals surface area contributed by atoms with E-state index in [-0.39, 0.29) is 10.8 Å². The first kappa shape index (κ1) is 14.3. The van der Waals surface area contributed by atoms with E-state index in [9.17, 15) is 9.18 Å². The van der Waals surface area contributed by atoms with Crippen molar-refractivity contribution in [3.63, 3.8) is 0 Å². The lowest BCUT2D eigenvalue weighted by molar-refractivity contribution is 0.0950. The van der Waals surface area contributed by atoms with E-state index in [4.69, 9.17) is 4.74 Å². The molecule has 0 spiro atoms. The molecule has 0 bridgehead atoms. The number of hydrogen-bond donors (Lipinski definition) is 2. The van der Waals surface area contributed by atoms with Gasteiger partial charge in [0.1, 0.15) is 5.82 Å². The molecule has 20 heavy (non-hydrogen) atoms. The van der Waals surface area contributed by atoms with Crippen molar-refractivity contribution < 1.29 is 13.9 Å². The molecule has 0 fully saturated rings. The van der Waals surface area contributed by atoms with E-state index in [1.54, 1.807) is 18.3 Å². The molecule has 0 aliphatic heterocycles. The molecule has 1 aromatic carbocycles. The number of amides is 1. The number of benzene rings is 1. The Morgan fingerprint density at radius 3 is 2.90 bits per heavy atom. The zero-order valence-electron chi connectivity index (χ0n) is 10.8. The predicted octanol–water partition coefficient (Wildman–Crippen LogP) is 2.45. The van der Waals surface area contributed by atoms with Crippen LogP contribution < -0.4 is 10.1 Å². The SMILES string of the molecule is COc1cc(CNC(=O)c2ccc(F)c(S)c2)ccn1. The molecule has 0 radical (unpaired) electrons. The fourth-order valence-corrected chi connectivity index (χ4v) is 1.82. The van der Waals surface area contributed by atoms with Gasteiger partial charge in [0.15, 0.2) is 0 Å². The summed E-state index contributed by atoms with van der Waals surface area (Å²) in [6.07, 6.45) is 1.60. The highest BCUT2D eigenvalue weighted by Crippen LogP contribution is 2.14. The second kappa shape index (κ2) is 6.38. The zero-order chi connectivity index (χ0) is 14.5. The first-order valence-corrected chi connectivity index (χ1v) is 6.30. The summed E-state index contributed by atoms with van der Waals surface area (Å²) in [5, 5.41) is 2.73. The van der Waals surface area contributed by atoms with Crippen molar-refractivity contribution in [1.82, 2.24) is 10.3 Å². The summed E-state index contributed by atoms with van der Waals surface area (Å²) in [5.74, 6) is -0.268. The number of hydrogen-bond acceptors (Lipinski definition) is 4. The Morgan fingerprint density at radius 2 is 2.20 bits per heavy atom. The third-order valence-electron chi connectivity index (χ3n) is 2.67. The number of pyridine rings is 1. The summed E-state index contributed by atoms with van der Waals surface area (Å²) in [6, 6.07) is 7.53. The van der Waals surface area contributed by atoms with Gasteiger partial charge in [0.05, 0.1) is 7.11 Å². The average molecular weight is 292 g/mol. The molecule has 6 heteroatoms. The standard InChI is InChI=1S/C14H13FN2O2S/c1-19-13-6-9(4-5-16-13)8-17-14(18)10-2-3-11(15)12(20)7-10/h2-7,20H,8H2,1H3,(H,17,18). The molecule has 0 atom stereocenters. The maximum Gasteiger partial charge on any atom is 0.251 e. The lowest BCUT2D eigenvalue weighted by atomic mass is 10.2. The van der Waals surface area contributed by atoms with Gasteiger partial charge in [-0.1, -0.05) is 0 Å². The molecular formula is C14H13FN2O2S. The number of nitrogens with one attached hydrogen (secondary N) is 1. The first-order chi connectivity index (χ1) is 9.60. The summed E-state index contributed by atoms with van der Waals surface area (Å²) < 4.78 is 18.1. The van der Waals surface area contributed by atoms with Crippen LogP contribution in [0.2, 0.25) is 0 Å². The molecule has 1 aromatic heterocycles. The average Bonchev–Trinajstić information content (AvgIpc) is 2.47. The number of thiol groups is 1. The smallest absolute Gasteiger partial charge is 0.251 e. The van der Waals surface area contributed by atoms with Crippen molar-refractivity contribution in [2.45, 2.75) is 11.4 Å². The quantitative estimate of drug-likeness (QED) is 0.851. The number of halogens is 1. The zero-order valence-corrected chi connectivity index (χ0v) is 11.7. The third kappa shape index (κ3) is 3.48. The Kier molecular flexibility index (Phi) is 4.57. The van der Waals surface area contributed by atoms with E-state index >= 15 is 0 Å². The molecule has 2 rings (SSSR count). The van der Waals surface area contributed by atoms with Gasteiger partial charge in [-0.05, 0) is 29.8 Å². The number of aromatic nitrogens is 1. The predicted molar refractivity (Wildman–Crippen MR) is 75.6 cm³/mol. The number of nitrogens with zero attached hydrogens (tertiary/aromatic N) is 1. The summed E-state index contributed by atoms with van der Waals surface area (Å²) in [5.41, 5.74) is 1.22. The highest BCUT2D eigenvalue weighted by atomic mass is 32.1. The molecule has 0 unspecified atom stereocenters. The molecule has 0 saturated carbocycles. The van der Waals surface area contributed by atoms with Crippen LogP contribution in [0.25, 0.3) is 0 Å². The van der Waals surface area contributed by atoms with E-state index in [0.29, 0.717) is 18.0 Å². The van der Waals surface area contributed by atoms with Gasteiger partial charge < -0.3 is 10.1 Å². The normalized spacial score (nSPS) is 10.2. The Labute approximate surface area is 121 Å². The summed E-state index contributed by atoms with van der Waals surface area (Å²) >= 11 is 3.95. The first-order valence-electron chi connectivity index (χ1n) is 5.86. The van der Waals surface area contributed by atoms with Gasteiger partial charge in [0.25, 0.3) is 5.91 Å². The van der Waals surface area contributed by atoms with Crippen molar-refractivity contribution in [1.29, 1.82) is 0 Å². The minimum absolute atomic E-state index is 0.142. The maximum atomic E-state index is 13.1. The van der Waals surface area contributed by atoms with E-state index in [2.05, 4.69) is 22.9 Å². The number of ether oxygens (including phenoxy) is 1. The van der Waals surface area contributed by atoms with Gasteiger partial charge in [0, 0.05) is 29.3 Å². The third-order valence-corrected chi connectivity index (χ3v) is 3.01. The molecule has 2 aromatic rings. The lowest BCUT2D eigenvalue weighted by Gasteiger charge is -2.07. The summed E-state index contributed by atoms with van der Waals surface area (Å²) in [4.78, 5) is 16.0. The van der Waals surface area contributed by atoms with Crippen molar-refractivity contribution in [2.24, 2.45) is 0 Å². The van der Waals surface area contributed by atoms with Crippen LogP contribution in [-0.2, 0) is 6.54 Å². The van der Waals surface area contributed by atoms with E-state index in [1.165, 1.54) is 25.3 Å².